The highest BCUT2D eigenvalue weighted by Gasteiger charge is 2.21. The fourth-order valence-electron chi connectivity index (χ4n) is 1.96. The number of rotatable bonds is 5. The van der Waals surface area contributed by atoms with Gasteiger partial charge in [0, 0.05) is 32.7 Å². The van der Waals surface area contributed by atoms with Crippen LogP contribution in [-0.4, -0.2) is 60.9 Å². The molecule has 0 spiro atoms. The molecule has 1 aliphatic rings. The van der Waals surface area contributed by atoms with Gasteiger partial charge >= 0.3 is 0 Å². The van der Waals surface area contributed by atoms with Crippen molar-refractivity contribution in [3.05, 3.63) is 0 Å². The van der Waals surface area contributed by atoms with E-state index in [1.54, 1.807) is 11.8 Å². The maximum absolute atomic E-state index is 11.6. The van der Waals surface area contributed by atoms with Gasteiger partial charge in [-0.1, -0.05) is 19.3 Å². The van der Waals surface area contributed by atoms with Crippen molar-refractivity contribution < 1.29 is 9.59 Å². The Hall–Kier alpha value is -1.54. The minimum atomic E-state index is -0.116. The Balaban J connectivity index is 2.24. The summed E-state index contributed by atoms with van der Waals surface area (Å²) in [5.41, 5.74) is 0. The molecular formula is C14H23N3O2. The van der Waals surface area contributed by atoms with Crippen molar-refractivity contribution in [1.29, 1.82) is 0 Å². The van der Waals surface area contributed by atoms with Crippen LogP contribution < -0.4 is 5.32 Å². The van der Waals surface area contributed by atoms with Crippen LogP contribution in [0, 0.1) is 11.8 Å². The van der Waals surface area contributed by atoms with E-state index in [-0.39, 0.29) is 11.8 Å². The molecule has 2 amide bonds. The Morgan fingerprint density at radius 1 is 1.21 bits per heavy atom. The molecule has 1 heterocycles. The molecule has 0 aliphatic carbocycles. The molecule has 0 aromatic rings. The summed E-state index contributed by atoms with van der Waals surface area (Å²) in [4.78, 5) is 27.0. The Morgan fingerprint density at radius 3 is 2.47 bits per heavy atom. The molecule has 0 atom stereocenters. The van der Waals surface area contributed by atoms with Crippen LogP contribution in [0.5, 0.6) is 0 Å². The summed E-state index contributed by atoms with van der Waals surface area (Å²) in [6.07, 6.45) is 2.10. The average molecular weight is 265 g/mol. The molecule has 106 valence electrons. The van der Waals surface area contributed by atoms with Gasteiger partial charge in [-0.3, -0.25) is 14.5 Å². The van der Waals surface area contributed by atoms with Crippen molar-refractivity contribution in [3.8, 4) is 11.8 Å². The monoisotopic (exact) mass is 265 g/mol. The quantitative estimate of drug-likeness (QED) is 0.565. The highest BCUT2D eigenvalue weighted by Crippen LogP contribution is 2.01. The fraction of sp³-hybridized carbons (Fsp3) is 0.714. The predicted octanol–water partition coefficient (Wildman–Crippen LogP) is 0.0702. The van der Waals surface area contributed by atoms with Gasteiger partial charge in [0.2, 0.25) is 5.91 Å². The molecule has 1 aliphatic heterocycles. The van der Waals surface area contributed by atoms with Crippen molar-refractivity contribution in [2.24, 2.45) is 0 Å². The van der Waals surface area contributed by atoms with Gasteiger partial charge in [-0.2, -0.15) is 0 Å². The van der Waals surface area contributed by atoms with Crippen molar-refractivity contribution in [2.75, 3.05) is 39.3 Å². The lowest BCUT2D eigenvalue weighted by Gasteiger charge is -2.33. The molecule has 1 fully saturated rings. The maximum atomic E-state index is 11.6. The summed E-state index contributed by atoms with van der Waals surface area (Å²) >= 11 is 0. The van der Waals surface area contributed by atoms with Crippen molar-refractivity contribution >= 4 is 11.8 Å². The van der Waals surface area contributed by atoms with Crippen LogP contribution in [0.4, 0.5) is 0 Å². The van der Waals surface area contributed by atoms with E-state index < -0.39 is 0 Å². The van der Waals surface area contributed by atoms with Crippen LogP contribution in [0.25, 0.3) is 0 Å². The van der Waals surface area contributed by atoms with Gasteiger partial charge in [-0.25, -0.2) is 0 Å². The van der Waals surface area contributed by atoms with Crippen molar-refractivity contribution in [3.63, 3.8) is 0 Å². The number of hydrogen-bond acceptors (Lipinski definition) is 3. The molecular weight excluding hydrogens is 242 g/mol. The number of carbonyl (C=O) groups is 2. The first-order valence-corrected chi connectivity index (χ1v) is 6.88. The molecule has 1 saturated heterocycles. The van der Waals surface area contributed by atoms with E-state index in [2.05, 4.69) is 29.0 Å². The summed E-state index contributed by atoms with van der Waals surface area (Å²) in [5, 5.41) is 2.90. The Labute approximate surface area is 115 Å². The second-order valence-corrected chi connectivity index (χ2v) is 4.65. The summed E-state index contributed by atoms with van der Waals surface area (Å²) in [7, 11) is 0. The molecule has 1 rings (SSSR count). The highest BCUT2D eigenvalue weighted by molar-refractivity contribution is 5.93. The molecule has 19 heavy (non-hydrogen) atoms. The first kappa shape index (κ1) is 15.5. The lowest BCUT2D eigenvalue weighted by atomic mass is 10.3. The number of nitrogens with zero attached hydrogens (tertiary/aromatic N) is 2. The largest absolute Gasteiger partial charge is 0.355 e. The molecule has 1 N–H and O–H groups in total. The molecule has 0 saturated carbocycles. The molecule has 0 radical (unpaired) electrons. The third-order valence-electron chi connectivity index (χ3n) is 3.11. The molecule has 0 unspecified atom stereocenters. The molecule has 5 heteroatoms. The van der Waals surface area contributed by atoms with Crippen molar-refractivity contribution in [2.45, 2.75) is 26.7 Å². The third kappa shape index (κ3) is 5.75. The number of unbranched alkanes of at least 4 members (excludes halogenated alkanes) is 1. The summed E-state index contributed by atoms with van der Waals surface area (Å²) < 4.78 is 0. The minimum Gasteiger partial charge on any atom is -0.355 e. The number of amides is 2. The molecule has 0 bridgehead atoms. The van der Waals surface area contributed by atoms with E-state index in [1.807, 2.05) is 0 Å². The topological polar surface area (TPSA) is 52.7 Å². The van der Waals surface area contributed by atoms with Gasteiger partial charge in [-0.05, 0) is 19.3 Å². The normalized spacial score (nSPS) is 15.6. The van der Waals surface area contributed by atoms with Crippen LogP contribution in [-0.2, 0) is 9.59 Å². The van der Waals surface area contributed by atoms with E-state index in [4.69, 9.17) is 0 Å². The van der Waals surface area contributed by atoms with Gasteiger partial charge in [0.15, 0.2) is 0 Å². The first-order valence-electron chi connectivity index (χ1n) is 6.88. The molecule has 0 aromatic heterocycles. The summed E-state index contributed by atoms with van der Waals surface area (Å²) in [6.45, 7) is 7.70. The summed E-state index contributed by atoms with van der Waals surface area (Å²) in [6, 6.07) is 0. The second-order valence-electron chi connectivity index (χ2n) is 4.65. The number of hydrogen-bond donors (Lipinski definition) is 1. The Bertz CT molecular complexity index is 363. The number of carbonyl (C=O) groups excluding carboxylic acids is 2. The van der Waals surface area contributed by atoms with Crippen LogP contribution >= 0.6 is 0 Å². The fourth-order valence-corrected chi connectivity index (χ4v) is 1.96. The smallest absolute Gasteiger partial charge is 0.298 e. The van der Waals surface area contributed by atoms with Gasteiger partial charge in [0.25, 0.3) is 5.91 Å². The van der Waals surface area contributed by atoms with Crippen LogP contribution in [0.15, 0.2) is 0 Å². The van der Waals surface area contributed by atoms with E-state index >= 15 is 0 Å². The van der Waals surface area contributed by atoms with E-state index in [0.717, 1.165) is 32.5 Å². The van der Waals surface area contributed by atoms with Crippen LogP contribution in [0.3, 0.4) is 0 Å². The minimum absolute atomic E-state index is 0.0709. The van der Waals surface area contributed by atoms with Gasteiger partial charge < -0.3 is 10.2 Å². The SMILES string of the molecule is CC#CC(=O)N1CCN(CC(=O)NCCCC)CC1. The second kappa shape index (κ2) is 8.54. The molecule has 5 nitrogen and oxygen atoms in total. The summed E-state index contributed by atoms with van der Waals surface area (Å²) in [5.74, 6) is 5.12. The van der Waals surface area contributed by atoms with E-state index in [1.165, 1.54) is 0 Å². The number of piperazine rings is 1. The lowest BCUT2D eigenvalue weighted by molar-refractivity contribution is -0.127. The lowest BCUT2D eigenvalue weighted by Crippen LogP contribution is -2.50. The Kier molecular flexibility index (Phi) is 6.98. The molecule has 0 aromatic carbocycles. The maximum Gasteiger partial charge on any atom is 0.298 e. The zero-order chi connectivity index (χ0) is 14.1. The zero-order valence-corrected chi connectivity index (χ0v) is 11.9. The third-order valence-corrected chi connectivity index (χ3v) is 3.11. The van der Waals surface area contributed by atoms with Crippen LogP contribution in [0.1, 0.15) is 26.7 Å². The first-order chi connectivity index (χ1) is 9.17. The van der Waals surface area contributed by atoms with Crippen molar-refractivity contribution in [1.82, 2.24) is 15.1 Å². The Morgan fingerprint density at radius 2 is 1.89 bits per heavy atom. The van der Waals surface area contributed by atoms with Gasteiger partial charge in [-0.15, -0.1) is 0 Å². The predicted molar refractivity (Wildman–Crippen MR) is 74.4 cm³/mol. The van der Waals surface area contributed by atoms with E-state index in [0.29, 0.717) is 19.6 Å². The highest BCUT2D eigenvalue weighted by atomic mass is 16.2. The standard InChI is InChI=1S/C14H23N3O2/c1-3-5-7-15-13(18)12-16-8-10-17(11-9-16)14(19)6-4-2/h3,5,7-12H2,1-2H3,(H,15,18). The van der Waals surface area contributed by atoms with Crippen LogP contribution in [0.2, 0.25) is 0 Å². The van der Waals surface area contributed by atoms with Gasteiger partial charge in [0.05, 0.1) is 6.54 Å². The number of nitrogens with one attached hydrogen (secondary N) is 1. The zero-order valence-electron chi connectivity index (χ0n) is 11.9. The van der Waals surface area contributed by atoms with E-state index in [9.17, 15) is 9.59 Å². The average Bonchev–Trinajstić information content (AvgIpc) is 2.40. The van der Waals surface area contributed by atoms with Gasteiger partial charge in [0.1, 0.15) is 0 Å².